The molecule has 2 aliphatic heterocycles. The van der Waals surface area contributed by atoms with Crippen LogP contribution in [-0.4, -0.2) is 82.4 Å². The van der Waals surface area contributed by atoms with E-state index in [1.807, 2.05) is 0 Å². The van der Waals surface area contributed by atoms with Crippen molar-refractivity contribution in [2.45, 2.75) is 49.3 Å². The highest BCUT2D eigenvalue weighted by molar-refractivity contribution is 7.47. The van der Waals surface area contributed by atoms with Gasteiger partial charge in [0.2, 0.25) is 0 Å². The van der Waals surface area contributed by atoms with Gasteiger partial charge in [-0.2, -0.15) is 0 Å². The van der Waals surface area contributed by atoms with Crippen LogP contribution in [0.25, 0.3) is 0 Å². The van der Waals surface area contributed by atoms with Gasteiger partial charge in [0.1, 0.15) is 27.9 Å². The van der Waals surface area contributed by atoms with E-state index in [0.717, 1.165) is 0 Å². The summed E-state index contributed by atoms with van der Waals surface area (Å²) in [6.07, 6.45) is -1.80. The minimum atomic E-state index is -4.35. The van der Waals surface area contributed by atoms with Crippen molar-refractivity contribution in [2.24, 2.45) is 0 Å². The Morgan fingerprint density at radius 1 is 1.18 bits per heavy atom. The number of rotatable bonds is 7. The average molecular weight is 332 g/mol. The Balaban J connectivity index is 1.84. The van der Waals surface area contributed by atoms with Gasteiger partial charge in [0.05, 0.1) is 25.4 Å². The van der Waals surface area contributed by atoms with Crippen LogP contribution in [0.15, 0.2) is 0 Å². The largest absolute Gasteiger partial charge is 0.472 e. The third kappa shape index (κ3) is 4.79. The number of aliphatic hydroxyl groups is 1. The van der Waals surface area contributed by atoms with E-state index in [2.05, 4.69) is 0 Å². The van der Waals surface area contributed by atoms with E-state index in [1.54, 1.807) is 0 Å². The summed E-state index contributed by atoms with van der Waals surface area (Å²) >= 11 is 0. The monoisotopic (exact) mass is 332 g/mol. The molecule has 22 heavy (non-hydrogen) atoms. The standard InChI is InChI=1S/C11H19B2O8P/c1-17-6-2-10(12)20-9(6)5-18-22(15,16)21-7-3-11(13)19-8(7)4-14/h6-11,14H,2-5H2,1H3,(H,15,16)/t6?,7?,8-,9-,10-,11-/m1/s1. The molecule has 2 N–H and O–H groups in total. The Kier molecular flexibility index (Phi) is 6.50. The summed E-state index contributed by atoms with van der Waals surface area (Å²) in [7, 11) is 8.34. The molecule has 11 heteroatoms. The van der Waals surface area contributed by atoms with Crippen LogP contribution in [0.2, 0.25) is 0 Å². The normalized spacial score (nSPS) is 41.6. The lowest BCUT2D eigenvalue weighted by Gasteiger charge is -2.22. The van der Waals surface area contributed by atoms with E-state index in [0.29, 0.717) is 6.42 Å². The Hall–Kier alpha value is 0.0799. The molecule has 7 atom stereocenters. The zero-order valence-electron chi connectivity index (χ0n) is 12.2. The summed E-state index contributed by atoms with van der Waals surface area (Å²) in [5, 5.41) is 9.13. The van der Waals surface area contributed by atoms with Gasteiger partial charge in [-0.25, -0.2) is 4.57 Å². The maximum absolute atomic E-state index is 12.0. The van der Waals surface area contributed by atoms with Gasteiger partial charge in [0.15, 0.2) is 0 Å². The lowest BCUT2D eigenvalue weighted by Crippen LogP contribution is -2.30. The summed E-state index contributed by atoms with van der Waals surface area (Å²) < 4.78 is 37.6. The highest BCUT2D eigenvalue weighted by Gasteiger charge is 2.40. The van der Waals surface area contributed by atoms with E-state index < -0.39 is 38.1 Å². The van der Waals surface area contributed by atoms with Crippen LogP contribution in [0.1, 0.15) is 12.8 Å². The molecule has 0 aromatic heterocycles. The van der Waals surface area contributed by atoms with Crippen LogP contribution in [0.3, 0.4) is 0 Å². The molecule has 0 aromatic carbocycles. The molecule has 2 aliphatic rings. The number of hydrogen-bond donors (Lipinski definition) is 2. The molecule has 2 heterocycles. The quantitative estimate of drug-likeness (QED) is 0.455. The van der Waals surface area contributed by atoms with E-state index in [9.17, 15) is 9.46 Å². The molecule has 0 aliphatic carbocycles. The van der Waals surface area contributed by atoms with Crippen molar-refractivity contribution in [1.29, 1.82) is 0 Å². The number of phosphoric acid groups is 1. The first-order chi connectivity index (χ1) is 10.3. The summed E-state index contributed by atoms with van der Waals surface area (Å²) in [4.78, 5) is 9.77. The van der Waals surface area contributed by atoms with E-state index in [-0.39, 0.29) is 25.7 Å². The van der Waals surface area contributed by atoms with Gasteiger partial charge < -0.3 is 24.2 Å². The molecule has 0 amide bonds. The van der Waals surface area contributed by atoms with Crippen LogP contribution < -0.4 is 0 Å². The van der Waals surface area contributed by atoms with Crippen LogP contribution in [0.5, 0.6) is 0 Å². The van der Waals surface area contributed by atoms with Gasteiger partial charge >= 0.3 is 7.82 Å². The van der Waals surface area contributed by atoms with Crippen LogP contribution >= 0.6 is 7.82 Å². The van der Waals surface area contributed by atoms with Crippen molar-refractivity contribution in [3.63, 3.8) is 0 Å². The predicted octanol–water partition coefficient (Wildman–Crippen LogP) is -0.937. The topological polar surface area (TPSA) is 104 Å². The zero-order chi connectivity index (χ0) is 16.3. The average Bonchev–Trinajstić information content (AvgIpc) is 2.98. The van der Waals surface area contributed by atoms with Crippen molar-refractivity contribution in [2.75, 3.05) is 20.3 Å². The highest BCUT2D eigenvalue weighted by atomic mass is 31.2. The molecule has 8 nitrogen and oxygen atoms in total. The lowest BCUT2D eigenvalue weighted by atomic mass is 9.96. The fraction of sp³-hybridized carbons (Fsp3) is 1.00. The molecular weight excluding hydrogens is 313 g/mol. The van der Waals surface area contributed by atoms with Crippen molar-refractivity contribution in [3.05, 3.63) is 0 Å². The van der Waals surface area contributed by atoms with Gasteiger partial charge in [-0.15, -0.1) is 0 Å². The van der Waals surface area contributed by atoms with Crippen molar-refractivity contribution < 1.29 is 37.8 Å². The first kappa shape index (κ1) is 18.4. The summed E-state index contributed by atoms with van der Waals surface area (Å²) in [5.41, 5.74) is 0. The van der Waals surface area contributed by atoms with Crippen LogP contribution in [0.4, 0.5) is 0 Å². The highest BCUT2D eigenvalue weighted by Crippen LogP contribution is 2.47. The minimum Gasteiger partial charge on any atom is -0.394 e. The van der Waals surface area contributed by atoms with E-state index >= 15 is 0 Å². The number of phosphoric ester groups is 1. The Morgan fingerprint density at radius 3 is 2.36 bits per heavy atom. The smallest absolute Gasteiger partial charge is 0.394 e. The van der Waals surface area contributed by atoms with Crippen molar-refractivity contribution >= 4 is 23.5 Å². The van der Waals surface area contributed by atoms with Crippen molar-refractivity contribution in [3.8, 4) is 0 Å². The second kappa shape index (κ2) is 7.77. The zero-order valence-corrected chi connectivity index (χ0v) is 13.1. The molecule has 3 unspecified atom stereocenters. The first-order valence-electron chi connectivity index (χ1n) is 6.96. The number of aliphatic hydroxyl groups excluding tert-OH is 1. The third-order valence-electron chi connectivity index (χ3n) is 3.61. The van der Waals surface area contributed by atoms with Crippen LogP contribution in [-0.2, 0) is 27.8 Å². The van der Waals surface area contributed by atoms with Gasteiger partial charge in [0, 0.05) is 19.1 Å². The summed E-state index contributed by atoms with van der Waals surface area (Å²) in [6.45, 7) is -0.575. The minimum absolute atomic E-state index is 0.185. The molecule has 4 radical (unpaired) electrons. The van der Waals surface area contributed by atoms with Crippen LogP contribution in [0, 0.1) is 0 Å². The molecular formula is C11H19B2O8P. The number of methoxy groups -OCH3 is 1. The molecule has 0 spiro atoms. The molecule has 2 rings (SSSR count). The maximum atomic E-state index is 12.0. The maximum Gasteiger partial charge on any atom is 0.472 e. The van der Waals surface area contributed by atoms with Gasteiger partial charge in [-0.3, -0.25) is 9.05 Å². The first-order valence-corrected chi connectivity index (χ1v) is 8.45. The molecule has 122 valence electrons. The Labute approximate surface area is 131 Å². The SMILES string of the molecule is [B][C@H]1CC(OC)[C@@H](COP(=O)(O)OC2C[C@H]([B])O[C@@H]2CO)O1. The van der Waals surface area contributed by atoms with E-state index in [4.69, 9.17) is 44.1 Å². The molecule has 0 saturated carbocycles. The van der Waals surface area contributed by atoms with Gasteiger partial charge in [-0.1, -0.05) is 0 Å². The Bertz CT molecular complexity index is 414. The molecule has 0 bridgehead atoms. The second-order valence-electron chi connectivity index (χ2n) is 5.26. The van der Waals surface area contributed by atoms with Gasteiger partial charge in [0.25, 0.3) is 0 Å². The summed E-state index contributed by atoms with van der Waals surface area (Å²) in [6, 6.07) is -1.16. The molecule has 0 aromatic rings. The fourth-order valence-corrected chi connectivity index (χ4v) is 3.49. The predicted molar refractivity (Wildman–Crippen MR) is 76.6 cm³/mol. The second-order valence-corrected chi connectivity index (χ2v) is 6.67. The number of hydrogen-bond acceptors (Lipinski definition) is 7. The fourth-order valence-electron chi connectivity index (χ4n) is 2.53. The van der Waals surface area contributed by atoms with Crippen molar-refractivity contribution in [1.82, 2.24) is 0 Å². The third-order valence-corrected chi connectivity index (χ3v) is 4.62. The Morgan fingerprint density at radius 2 is 1.77 bits per heavy atom. The van der Waals surface area contributed by atoms with E-state index in [1.165, 1.54) is 7.11 Å². The number of ether oxygens (including phenoxy) is 3. The lowest BCUT2D eigenvalue weighted by molar-refractivity contribution is -0.0331. The van der Waals surface area contributed by atoms with Gasteiger partial charge in [-0.05, 0) is 12.8 Å². The molecule has 2 saturated heterocycles. The molecule has 2 fully saturated rings. The summed E-state index contributed by atoms with van der Waals surface area (Å²) in [5.74, 6) is 0.